The number of aryl methyl sites for hydroxylation is 1. The van der Waals surface area contributed by atoms with Crippen LogP contribution in [0.5, 0.6) is 0 Å². The van der Waals surface area contributed by atoms with Gasteiger partial charge in [-0.05, 0) is 39.7 Å². The van der Waals surface area contributed by atoms with Crippen molar-refractivity contribution in [2.75, 3.05) is 6.54 Å². The zero-order valence-corrected chi connectivity index (χ0v) is 13.5. The van der Waals surface area contributed by atoms with Crippen LogP contribution in [-0.2, 0) is 0 Å². The number of thiazole rings is 1. The molecule has 1 aromatic heterocycles. The summed E-state index contributed by atoms with van der Waals surface area (Å²) in [6.07, 6.45) is 9.51. The molecule has 0 bridgehead atoms. The molecular weight excluding hydrogens is 252 g/mol. The average molecular weight is 280 g/mol. The van der Waals surface area contributed by atoms with E-state index in [-0.39, 0.29) is 0 Å². The molecule has 19 heavy (non-hydrogen) atoms. The summed E-state index contributed by atoms with van der Waals surface area (Å²) in [5.74, 6) is 0.735. The van der Waals surface area contributed by atoms with Gasteiger partial charge in [0.1, 0.15) is 0 Å². The van der Waals surface area contributed by atoms with Gasteiger partial charge in [-0.15, -0.1) is 11.3 Å². The highest BCUT2D eigenvalue weighted by Crippen LogP contribution is 2.36. The van der Waals surface area contributed by atoms with Crippen molar-refractivity contribution in [2.24, 2.45) is 0 Å². The first-order valence-electron chi connectivity index (χ1n) is 7.93. The summed E-state index contributed by atoms with van der Waals surface area (Å²) in [6, 6.07) is 0.456. The van der Waals surface area contributed by atoms with Crippen LogP contribution >= 0.6 is 11.3 Å². The van der Waals surface area contributed by atoms with E-state index < -0.39 is 0 Å². The number of rotatable bonds is 5. The van der Waals surface area contributed by atoms with E-state index in [4.69, 9.17) is 4.98 Å². The van der Waals surface area contributed by atoms with E-state index in [0.717, 1.165) is 12.5 Å². The second-order valence-corrected chi connectivity index (χ2v) is 6.93. The van der Waals surface area contributed by atoms with E-state index in [1.807, 2.05) is 11.3 Å². The molecule has 0 spiro atoms. The number of aromatic nitrogens is 1. The molecule has 0 saturated heterocycles. The van der Waals surface area contributed by atoms with Crippen molar-refractivity contribution < 1.29 is 0 Å². The third-order valence-corrected chi connectivity index (χ3v) is 5.65. The predicted octanol–water partition coefficient (Wildman–Crippen LogP) is 4.95. The Bertz CT molecular complexity index is 378. The maximum atomic E-state index is 4.88. The molecule has 0 aliphatic heterocycles. The van der Waals surface area contributed by atoms with Crippen molar-refractivity contribution in [3.05, 3.63) is 15.6 Å². The highest BCUT2D eigenvalue weighted by atomic mass is 32.1. The molecule has 3 heteroatoms. The minimum atomic E-state index is 0.456. The van der Waals surface area contributed by atoms with Gasteiger partial charge in [-0.2, -0.15) is 0 Å². The summed E-state index contributed by atoms with van der Waals surface area (Å²) >= 11 is 1.96. The Kier molecular flexibility index (Phi) is 5.83. The van der Waals surface area contributed by atoms with Gasteiger partial charge in [0.15, 0.2) is 0 Å². The summed E-state index contributed by atoms with van der Waals surface area (Å²) in [5.41, 5.74) is 1.25. The van der Waals surface area contributed by atoms with Crippen LogP contribution in [0.2, 0.25) is 0 Å². The van der Waals surface area contributed by atoms with Gasteiger partial charge in [-0.1, -0.05) is 32.6 Å². The SMILES string of the molecule is CCCNC(C)c1sc(C2CCCCCC2)nc1C. The lowest BCUT2D eigenvalue weighted by Gasteiger charge is -2.12. The summed E-state index contributed by atoms with van der Waals surface area (Å²) in [5, 5.41) is 4.99. The first kappa shape index (κ1) is 15.0. The lowest BCUT2D eigenvalue weighted by molar-refractivity contribution is 0.574. The topological polar surface area (TPSA) is 24.9 Å². The fourth-order valence-electron chi connectivity index (χ4n) is 2.99. The number of nitrogens with zero attached hydrogens (tertiary/aromatic N) is 1. The van der Waals surface area contributed by atoms with Crippen molar-refractivity contribution in [3.63, 3.8) is 0 Å². The minimum absolute atomic E-state index is 0.456. The van der Waals surface area contributed by atoms with Gasteiger partial charge in [0.05, 0.1) is 10.7 Å². The molecule has 1 aliphatic carbocycles. The quantitative estimate of drug-likeness (QED) is 0.772. The van der Waals surface area contributed by atoms with Gasteiger partial charge in [-0.3, -0.25) is 0 Å². The maximum Gasteiger partial charge on any atom is 0.0962 e. The average Bonchev–Trinajstić information content (AvgIpc) is 2.65. The molecule has 1 unspecified atom stereocenters. The zero-order valence-electron chi connectivity index (χ0n) is 12.7. The molecular formula is C16H28N2S. The van der Waals surface area contributed by atoms with Crippen molar-refractivity contribution in [3.8, 4) is 0 Å². The van der Waals surface area contributed by atoms with E-state index in [9.17, 15) is 0 Å². The third kappa shape index (κ3) is 4.03. The van der Waals surface area contributed by atoms with Crippen LogP contribution in [0.1, 0.15) is 86.3 Å². The molecule has 1 heterocycles. The Morgan fingerprint density at radius 1 is 1.26 bits per heavy atom. The van der Waals surface area contributed by atoms with E-state index >= 15 is 0 Å². The van der Waals surface area contributed by atoms with Crippen molar-refractivity contribution in [1.29, 1.82) is 0 Å². The molecule has 108 valence electrons. The van der Waals surface area contributed by atoms with Gasteiger partial charge < -0.3 is 5.32 Å². The van der Waals surface area contributed by atoms with Crippen molar-refractivity contribution in [1.82, 2.24) is 10.3 Å². The van der Waals surface area contributed by atoms with Gasteiger partial charge in [0.2, 0.25) is 0 Å². The van der Waals surface area contributed by atoms with Crippen LogP contribution in [-0.4, -0.2) is 11.5 Å². The summed E-state index contributed by atoms with van der Waals surface area (Å²) in [4.78, 5) is 6.34. The molecule has 1 aliphatic rings. The van der Waals surface area contributed by atoms with Crippen molar-refractivity contribution >= 4 is 11.3 Å². The molecule has 2 nitrogen and oxygen atoms in total. The number of nitrogens with one attached hydrogen (secondary N) is 1. The van der Waals surface area contributed by atoms with Crippen LogP contribution in [0, 0.1) is 6.92 Å². The Morgan fingerprint density at radius 2 is 1.95 bits per heavy atom. The first-order valence-corrected chi connectivity index (χ1v) is 8.74. The normalized spacial score (nSPS) is 19.3. The van der Waals surface area contributed by atoms with Gasteiger partial charge in [0.25, 0.3) is 0 Å². The fraction of sp³-hybridized carbons (Fsp3) is 0.812. The smallest absolute Gasteiger partial charge is 0.0962 e. The molecule has 1 N–H and O–H groups in total. The van der Waals surface area contributed by atoms with E-state index in [1.54, 1.807) is 0 Å². The van der Waals surface area contributed by atoms with Gasteiger partial charge >= 0.3 is 0 Å². The van der Waals surface area contributed by atoms with E-state index in [1.165, 1.54) is 60.5 Å². The zero-order chi connectivity index (χ0) is 13.7. The van der Waals surface area contributed by atoms with Crippen LogP contribution < -0.4 is 5.32 Å². The molecule has 1 fully saturated rings. The van der Waals surface area contributed by atoms with Crippen LogP contribution in [0.4, 0.5) is 0 Å². The fourth-order valence-corrected chi connectivity index (χ4v) is 4.25. The summed E-state index contributed by atoms with van der Waals surface area (Å²) in [6.45, 7) is 7.76. The maximum absolute atomic E-state index is 4.88. The highest BCUT2D eigenvalue weighted by molar-refractivity contribution is 7.11. The standard InChI is InChI=1S/C16H28N2S/c1-4-11-17-12(2)15-13(3)18-16(19-15)14-9-7-5-6-8-10-14/h12,14,17H,4-11H2,1-3H3. The molecule has 0 radical (unpaired) electrons. The molecule has 2 rings (SSSR count). The molecule has 1 atom stereocenters. The van der Waals surface area contributed by atoms with Gasteiger partial charge in [-0.25, -0.2) is 4.98 Å². The predicted molar refractivity (Wildman–Crippen MR) is 84.0 cm³/mol. The second kappa shape index (κ2) is 7.39. The lowest BCUT2D eigenvalue weighted by Crippen LogP contribution is -2.18. The Morgan fingerprint density at radius 3 is 2.58 bits per heavy atom. The molecule has 1 saturated carbocycles. The first-order chi connectivity index (χ1) is 9.22. The van der Waals surface area contributed by atoms with Crippen LogP contribution in [0.3, 0.4) is 0 Å². The van der Waals surface area contributed by atoms with Crippen molar-refractivity contribution in [2.45, 2.75) is 77.7 Å². The van der Waals surface area contributed by atoms with Crippen LogP contribution in [0.15, 0.2) is 0 Å². The largest absolute Gasteiger partial charge is 0.309 e. The van der Waals surface area contributed by atoms with Crippen LogP contribution in [0.25, 0.3) is 0 Å². The third-order valence-electron chi connectivity index (χ3n) is 4.15. The monoisotopic (exact) mass is 280 g/mol. The molecule has 0 amide bonds. The second-order valence-electron chi connectivity index (χ2n) is 5.87. The molecule has 1 aromatic rings. The number of hydrogen-bond acceptors (Lipinski definition) is 3. The van der Waals surface area contributed by atoms with E-state index in [2.05, 4.69) is 26.1 Å². The van der Waals surface area contributed by atoms with E-state index in [0.29, 0.717) is 6.04 Å². The minimum Gasteiger partial charge on any atom is -0.309 e. The Balaban J connectivity index is 2.06. The summed E-state index contributed by atoms with van der Waals surface area (Å²) in [7, 11) is 0. The highest BCUT2D eigenvalue weighted by Gasteiger charge is 2.21. The van der Waals surface area contributed by atoms with Gasteiger partial charge in [0, 0.05) is 16.8 Å². The number of hydrogen-bond donors (Lipinski definition) is 1. The molecule has 0 aromatic carbocycles. The Labute approximate surface area is 122 Å². The Hall–Kier alpha value is -0.410. The summed E-state index contributed by atoms with van der Waals surface area (Å²) < 4.78 is 0. The lowest BCUT2D eigenvalue weighted by atomic mass is 10.0.